The molecule has 4 aromatic rings. The summed E-state index contributed by atoms with van der Waals surface area (Å²) >= 11 is 0. The van der Waals surface area contributed by atoms with Crippen LogP contribution in [0, 0.1) is 10.1 Å². The van der Waals surface area contributed by atoms with E-state index in [1.54, 1.807) is 48.1 Å². The molecule has 2 aromatic carbocycles. The number of H-pyrrole nitrogens is 1. The monoisotopic (exact) mass is 454 g/mol. The first kappa shape index (κ1) is 21.0. The molecule has 10 nitrogen and oxygen atoms in total. The van der Waals surface area contributed by atoms with E-state index in [0.29, 0.717) is 34.3 Å². The Morgan fingerprint density at radius 2 is 1.85 bits per heavy atom. The maximum absolute atomic E-state index is 13.5. The molecule has 0 fully saturated rings. The topological polar surface area (TPSA) is 130 Å². The van der Waals surface area contributed by atoms with Crippen LogP contribution in [-0.4, -0.2) is 25.9 Å². The average Bonchev–Trinajstić information content (AvgIpc) is 3.28. The molecule has 1 unspecified atom stereocenters. The fraction of sp³-hybridized carbons (Fsp3) is 0.0833. The number of carbonyl (C=O) groups excluding carboxylic acids is 1. The standard InChI is InChI=1S/C24H19N7O3/c1-15-20(23(32)27-17-10-7-13-25-14-17)21(18-11-5-6-12-19(18)31(33)34)30-24(26-15)28-22(29-30)16-8-3-2-4-9-16/h2-14,21H,1H3,(H2,26,27,28,29,32)/p+1. The molecule has 3 N–H and O–H groups in total. The summed E-state index contributed by atoms with van der Waals surface area (Å²) in [7, 11) is 0. The number of nitro groups is 1. The van der Waals surface area contributed by atoms with E-state index < -0.39 is 16.9 Å². The molecule has 3 heterocycles. The lowest BCUT2D eigenvalue weighted by molar-refractivity contribution is -0.746. The predicted octanol–water partition coefficient (Wildman–Crippen LogP) is 3.60. The second kappa shape index (κ2) is 8.58. The third kappa shape index (κ3) is 3.77. The van der Waals surface area contributed by atoms with Crippen LogP contribution in [0.25, 0.3) is 11.4 Å². The number of benzene rings is 2. The number of para-hydroxylation sites is 1. The predicted molar refractivity (Wildman–Crippen MR) is 125 cm³/mol. The zero-order valence-electron chi connectivity index (χ0n) is 18.1. The maximum atomic E-state index is 13.5. The number of fused-ring (bicyclic) bond motifs is 1. The van der Waals surface area contributed by atoms with Gasteiger partial charge >= 0.3 is 5.95 Å². The third-order valence-electron chi connectivity index (χ3n) is 5.55. The number of nitrogens with one attached hydrogen (secondary N) is 3. The van der Waals surface area contributed by atoms with Gasteiger partial charge in [0, 0.05) is 17.8 Å². The quantitative estimate of drug-likeness (QED) is 0.240. The van der Waals surface area contributed by atoms with Gasteiger partial charge in [0.05, 0.1) is 33.6 Å². The van der Waals surface area contributed by atoms with Crippen molar-refractivity contribution in [2.75, 3.05) is 10.6 Å². The number of nitro benzene ring substituents is 1. The van der Waals surface area contributed by atoms with Crippen molar-refractivity contribution in [2.45, 2.75) is 13.0 Å². The molecule has 5 rings (SSSR count). The molecular weight excluding hydrogens is 434 g/mol. The summed E-state index contributed by atoms with van der Waals surface area (Å²) in [6.07, 6.45) is 3.14. The number of anilines is 2. The maximum Gasteiger partial charge on any atom is 0.417 e. The highest BCUT2D eigenvalue weighted by Gasteiger charge is 2.42. The van der Waals surface area contributed by atoms with Crippen molar-refractivity contribution in [3.63, 3.8) is 0 Å². The van der Waals surface area contributed by atoms with Crippen LogP contribution in [0.1, 0.15) is 18.5 Å². The number of carbonyl (C=O) groups is 1. The first-order chi connectivity index (χ1) is 16.5. The van der Waals surface area contributed by atoms with E-state index in [2.05, 4.69) is 25.7 Å². The van der Waals surface area contributed by atoms with Gasteiger partial charge < -0.3 is 5.32 Å². The van der Waals surface area contributed by atoms with Crippen LogP contribution in [0.15, 0.2) is 90.4 Å². The van der Waals surface area contributed by atoms with E-state index in [4.69, 9.17) is 0 Å². The van der Waals surface area contributed by atoms with Crippen LogP contribution < -0.4 is 15.3 Å². The van der Waals surface area contributed by atoms with E-state index in [-0.39, 0.29) is 5.69 Å². The number of aromatic nitrogens is 4. The van der Waals surface area contributed by atoms with Crippen molar-refractivity contribution in [1.82, 2.24) is 15.1 Å². The largest absolute Gasteiger partial charge is 0.417 e. The van der Waals surface area contributed by atoms with Gasteiger partial charge in [-0.1, -0.05) is 30.3 Å². The SMILES string of the molecule is CC1=C(C(=O)Nc2cccnc2)C(c2ccccc2[N+](=O)[O-])[n+]2[nH]c(-c3ccccc3)nc2N1. The first-order valence-electron chi connectivity index (χ1n) is 10.5. The lowest BCUT2D eigenvalue weighted by Gasteiger charge is -2.23. The van der Waals surface area contributed by atoms with Crippen molar-refractivity contribution < 1.29 is 14.4 Å². The summed E-state index contributed by atoms with van der Waals surface area (Å²) in [5.74, 6) is 0.598. The van der Waals surface area contributed by atoms with Crippen LogP contribution in [0.2, 0.25) is 0 Å². The summed E-state index contributed by atoms with van der Waals surface area (Å²) in [6, 6.07) is 18.5. The van der Waals surface area contributed by atoms with Crippen molar-refractivity contribution >= 4 is 23.2 Å². The minimum absolute atomic E-state index is 0.0943. The molecular formula is C24H20N7O3+. The Hall–Kier alpha value is -4.86. The van der Waals surface area contributed by atoms with Crippen LogP contribution in [-0.2, 0) is 4.79 Å². The highest BCUT2D eigenvalue weighted by atomic mass is 16.6. The van der Waals surface area contributed by atoms with Gasteiger partial charge in [-0.2, -0.15) is 0 Å². The highest BCUT2D eigenvalue weighted by molar-refractivity contribution is 6.05. The number of pyridine rings is 1. The van der Waals surface area contributed by atoms with Gasteiger partial charge in [0.25, 0.3) is 11.6 Å². The molecule has 0 bridgehead atoms. The van der Waals surface area contributed by atoms with Gasteiger partial charge in [-0.15, -0.1) is 4.68 Å². The van der Waals surface area contributed by atoms with Crippen LogP contribution in [0.4, 0.5) is 17.3 Å². The Morgan fingerprint density at radius 1 is 1.09 bits per heavy atom. The second-order valence-corrected chi connectivity index (χ2v) is 7.71. The Morgan fingerprint density at radius 3 is 2.59 bits per heavy atom. The molecule has 168 valence electrons. The Labute approximate surface area is 194 Å². The lowest BCUT2D eigenvalue weighted by atomic mass is 9.93. The van der Waals surface area contributed by atoms with E-state index in [1.807, 2.05) is 30.3 Å². The van der Waals surface area contributed by atoms with Gasteiger partial charge in [-0.05, 0) is 42.2 Å². The van der Waals surface area contributed by atoms with E-state index >= 15 is 0 Å². The molecule has 1 amide bonds. The molecule has 1 aliphatic heterocycles. The summed E-state index contributed by atoms with van der Waals surface area (Å²) in [4.78, 5) is 33.6. The number of aromatic amines is 1. The molecule has 0 saturated carbocycles. The molecule has 2 aromatic heterocycles. The molecule has 34 heavy (non-hydrogen) atoms. The number of nitrogens with zero attached hydrogens (tertiary/aromatic N) is 4. The molecule has 0 radical (unpaired) electrons. The Bertz CT molecular complexity index is 1420. The van der Waals surface area contributed by atoms with Crippen molar-refractivity contribution in [1.29, 1.82) is 0 Å². The number of amides is 1. The molecule has 0 saturated heterocycles. The van der Waals surface area contributed by atoms with Crippen molar-refractivity contribution in [3.8, 4) is 11.4 Å². The van der Waals surface area contributed by atoms with Crippen molar-refractivity contribution in [2.24, 2.45) is 0 Å². The van der Waals surface area contributed by atoms with Crippen molar-refractivity contribution in [3.05, 3.63) is 106 Å². The van der Waals surface area contributed by atoms with Crippen LogP contribution in [0.3, 0.4) is 0 Å². The van der Waals surface area contributed by atoms with Gasteiger partial charge in [0.15, 0.2) is 6.04 Å². The molecule has 1 atom stereocenters. The average molecular weight is 454 g/mol. The normalized spacial score (nSPS) is 14.8. The fourth-order valence-electron chi connectivity index (χ4n) is 4.03. The van der Waals surface area contributed by atoms with E-state index in [9.17, 15) is 14.9 Å². The Balaban J connectivity index is 1.66. The number of rotatable bonds is 5. The third-order valence-corrected chi connectivity index (χ3v) is 5.55. The molecule has 10 heteroatoms. The number of allylic oxidation sites excluding steroid dienone is 1. The van der Waals surface area contributed by atoms with Gasteiger partial charge in [-0.25, -0.2) is 10.4 Å². The lowest BCUT2D eigenvalue weighted by Crippen LogP contribution is -2.50. The number of hydrogen-bond acceptors (Lipinski definition) is 6. The zero-order chi connectivity index (χ0) is 23.7. The minimum atomic E-state index is -0.820. The fourth-order valence-corrected chi connectivity index (χ4v) is 4.03. The molecule has 0 aliphatic carbocycles. The van der Waals surface area contributed by atoms with Gasteiger partial charge in [0.1, 0.15) is 0 Å². The highest BCUT2D eigenvalue weighted by Crippen LogP contribution is 2.35. The molecule has 1 aliphatic rings. The summed E-state index contributed by atoms with van der Waals surface area (Å²) in [5.41, 5.74) is 2.47. The smallest absolute Gasteiger partial charge is 0.321 e. The van der Waals surface area contributed by atoms with Crippen LogP contribution >= 0.6 is 0 Å². The van der Waals surface area contributed by atoms with E-state index in [0.717, 1.165) is 5.56 Å². The van der Waals surface area contributed by atoms with E-state index in [1.165, 1.54) is 12.3 Å². The summed E-state index contributed by atoms with van der Waals surface area (Å²) in [5, 5.41) is 21.1. The Kier molecular flexibility index (Phi) is 5.30. The molecule has 0 spiro atoms. The summed E-state index contributed by atoms with van der Waals surface area (Å²) in [6.45, 7) is 1.75. The summed E-state index contributed by atoms with van der Waals surface area (Å²) < 4.78 is 1.65. The second-order valence-electron chi connectivity index (χ2n) is 7.71. The minimum Gasteiger partial charge on any atom is -0.321 e. The first-order valence-corrected chi connectivity index (χ1v) is 10.5. The van der Waals surface area contributed by atoms with Gasteiger partial charge in [-0.3, -0.25) is 19.9 Å². The zero-order valence-corrected chi connectivity index (χ0v) is 18.1. The van der Waals surface area contributed by atoms with Crippen LogP contribution in [0.5, 0.6) is 0 Å². The number of hydrogen-bond donors (Lipinski definition) is 3. The van der Waals surface area contributed by atoms with Gasteiger partial charge in [0.2, 0.25) is 5.82 Å².